The summed E-state index contributed by atoms with van der Waals surface area (Å²) in [5.74, 6) is -0.791. The molecule has 8 nitrogen and oxygen atoms in total. The Morgan fingerprint density at radius 2 is 1.82 bits per heavy atom. The van der Waals surface area contributed by atoms with E-state index >= 15 is 0 Å². The molecule has 2 fully saturated rings. The Bertz CT molecular complexity index is 1690. The summed E-state index contributed by atoms with van der Waals surface area (Å²) in [6.07, 6.45) is 1.12. The molecular weight excluding hydrogens is 547 g/mol. The Labute approximate surface area is 227 Å². The van der Waals surface area contributed by atoms with Crippen molar-refractivity contribution in [3.63, 3.8) is 0 Å². The Hall–Kier alpha value is -3.53. The molecule has 1 saturated heterocycles. The number of carbonyl (C=O) groups excluding carboxylic acids is 1. The Morgan fingerprint density at radius 1 is 1.12 bits per heavy atom. The highest BCUT2D eigenvalue weighted by atomic mass is 31.2. The number of rotatable bonds is 6. The number of nitrogens with zero attached hydrogens (tertiary/aromatic N) is 5. The molecule has 6 rings (SSSR count). The van der Waals surface area contributed by atoms with Crippen molar-refractivity contribution in [2.75, 3.05) is 30.7 Å². The Balaban J connectivity index is 1.39. The first kappa shape index (κ1) is 26.7. The smallest absolute Gasteiger partial charge is 0.266 e. The number of imidazole rings is 1. The molecule has 40 heavy (non-hydrogen) atoms. The van der Waals surface area contributed by atoms with E-state index in [1.165, 1.54) is 17.0 Å². The lowest BCUT2D eigenvalue weighted by molar-refractivity contribution is -0.137. The van der Waals surface area contributed by atoms with Gasteiger partial charge >= 0.3 is 0 Å². The van der Waals surface area contributed by atoms with Crippen molar-refractivity contribution in [2.45, 2.75) is 44.8 Å². The molecule has 1 amide bonds. The minimum Gasteiger partial charge on any atom is -0.363 e. The van der Waals surface area contributed by atoms with E-state index in [4.69, 9.17) is 0 Å². The van der Waals surface area contributed by atoms with Gasteiger partial charge in [-0.2, -0.15) is 0 Å². The van der Waals surface area contributed by atoms with Crippen molar-refractivity contribution in [1.29, 1.82) is 0 Å². The number of alkyl halides is 3. The molecule has 1 aromatic carbocycles. The van der Waals surface area contributed by atoms with E-state index in [1.807, 2.05) is 0 Å². The number of nitrogens with one attached hydrogen (secondary N) is 1. The van der Waals surface area contributed by atoms with Gasteiger partial charge in [-0.05, 0) is 32.8 Å². The fourth-order valence-corrected chi connectivity index (χ4v) is 8.08. The summed E-state index contributed by atoms with van der Waals surface area (Å²) in [5.41, 5.74) is -1.46. The minimum atomic E-state index is -3.07. The van der Waals surface area contributed by atoms with Crippen molar-refractivity contribution in [3.05, 3.63) is 59.4 Å². The molecule has 0 unspecified atom stereocenters. The number of hydrogen-bond acceptors (Lipinski definition) is 6. The topological polar surface area (TPSA) is 92.5 Å². The molecule has 1 N–H and O–H groups in total. The molecule has 0 spiro atoms. The van der Waals surface area contributed by atoms with Crippen LogP contribution in [0.3, 0.4) is 0 Å². The van der Waals surface area contributed by atoms with Gasteiger partial charge in [0.25, 0.3) is 12.3 Å². The maximum atomic E-state index is 14.9. The third kappa shape index (κ3) is 4.42. The first-order valence-electron chi connectivity index (χ1n) is 13.1. The predicted octanol–water partition coefficient (Wildman–Crippen LogP) is 5.17. The number of aromatic nitrogens is 4. The van der Waals surface area contributed by atoms with Gasteiger partial charge in [0.15, 0.2) is 11.3 Å². The fourth-order valence-electron chi connectivity index (χ4n) is 5.35. The van der Waals surface area contributed by atoms with Gasteiger partial charge in [-0.15, -0.1) is 0 Å². The molecular formula is C27H27F4N6O2P. The number of pyridine rings is 1. The number of halogens is 4. The van der Waals surface area contributed by atoms with Crippen LogP contribution in [0.4, 0.5) is 23.4 Å². The average molecular weight is 575 g/mol. The van der Waals surface area contributed by atoms with Crippen LogP contribution >= 0.6 is 7.14 Å². The Kier molecular flexibility index (Phi) is 6.36. The van der Waals surface area contributed by atoms with Crippen LogP contribution in [-0.2, 0) is 9.36 Å². The van der Waals surface area contributed by atoms with Crippen LogP contribution in [-0.4, -0.2) is 61.2 Å². The maximum absolute atomic E-state index is 14.9. The molecule has 210 valence electrons. The third-order valence-corrected chi connectivity index (χ3v) is 10.8. The van der Waals surface area contributed by atoms with Crippen molar-refractivity contribution in [3.8, 4) is 0 Å². The number of benzene rings is 1. The van der Waals surface area contributed by atoms with E-state index in [1.54, 1.807) is 36.7 Å². The summed E-state index contributed by atoms with van der Waals surface area (Å²) in [6.45, 7) is 3.69. The van der Waals surface area contributed by atoms with Gasteiger partial charge in [-0.1, -0.05) is 18.2 Å². The minimum absolute atomic E-state index is 0.0530. The second kappa shape index (κ2) is 9.54. The van der Waals surface area contributed by atoms with E-state index in [-0.39, 0.29) is 43.8 Å². The van der Waals surface area contributed by atoms with Gasteiger partial charge in [0.05, 0.1) is 22.3 Å². The summed E-state index contributed by atoms with van der Waals surface area (Å²) in [5, 5.41) is 4.13. The number of amides is 1. The predicted molar refractivity (Wildman–Crippen MR) is 143 cm³/mol. The zero-order valence-corrected chi connectivity index (χ0v) is 22.8. The van der Waals surface area contributed by atoms with Crippen molar-refractivity contribution in [1.82, 2.24) is 24.3 Å². The molecule has 4 aromatic rings. The molecule has 3 aromatic heterocycles. The van der Waals surface area contributed by atoms with Gasteiger partial charge in [0, 0.05) is 43.4 Å². The molecule has 4 heterocycles. The molecule has 1 atom stereocenters. The van der Waals surface area contributed by atoms with E-state index in [0.29, 0.717) is 33.6 Å². The highest BCUT2D eigenvalue weighted by Gasteiger charge is 2.53. The summed E-state index contributed by atoms with van der Waals surface area (Å²) in [4.78, 5) is 27.5. The molecule has 1 saturated carbocycles. The van der Waals surface area contributed by atoms with Crippen molar-refractivity contribution >= 4 is 40.9 Å². The van der Waals surface area contributed by atoms with Crippen molar-refractivity contribution < 1.29 is 26.9 Å². The van der Waals surface area contributed by atoms with Crippen LogP contribution in [0.1, 0.15) is 49.2 Å². The summed E-state index contributed by atoms with van der Waals surface area (Å²) in [7, 11) is -3.07. The highest BCUT2D eigenvalue weighted by molar-refractivity contribution is 7.72. The van der Waals surface area contributed by atoms with Crippen LogP contribution in [0.25, 0.3) is 16.7 Å². The van der Waals surface area contributed by atoms with E-state index in [9.17, 15) is 26.9 Å². The average Bonchev–Trinajstić information content (AvgIpc) is 3.47. The third-order valence-electron chi connectivity index (χ3n) is 7.79. The fraction of sp³-hybridized carbons (Fsp3) is 0.407. The number of carbonyl (C=O) groups is 1. The molecule has 1 aliphatic carbocycles. The number of fused-ring (bicyclic) bond motifs is 3. The van der Waals surface area contributed by atoms with E-state index in [0.717, 1.165) is 6.07 Å². The lowest BCUT2D eigenvalue weighted by Gasteiger charge is -2.33. The number of aryl methyl sites for hydroxylation is 1. The monoisotopic (exact) mass is 574 g/mol. The van der Waals surface area contributed by atoms with Gasteiger partial charge in [0.2, 0.25) is 0 Å². The summed E-state index contributed by atoms with van der Waals surface area (Å²) < 4.78 is 71.9. The van der Waals surface area contributed by atoms with Gasteiger partial charge in [-0.3, -0.25) is 9.20 Å². The maximum Gasteiger partial charge on any atom is 0.266 e. The Morgan fingerprint density at radius 3 is 2.50 bits per heavy atom. The summed E-state index contributed by atoms with van der Waals surface area (Å²) in [6, 6.07) is 4.85. The van der Waals surface area contributed by atoms with Crippen LogP contribution in [0.15, 0.2) is 36.7 Å². The largest absolute Gasteiger partial charge is 0.363 e. The SMILES string of the molecule is Cc1nc(N[C@H](C)c2cccc(C(F)F)c2F)c2cc(P3(=O)CCN(C(=O)C4(F)CC4)CC3)c3nccn3c2n1. The van der Waals surface area contributed by atoms with Crippen LogP contribution < -0.4 is 10.6 Å². The first-order valence-corrected chi connectivity index (χ1v) is 15.1. The van der Waals surface area contributed by atoms with Crippen molar-refractivity contribution in [2.24, 2.45) is 0 Å². The molecule has 13 heteroatoms. The lowest BCUT2D eigenvalue weighted by atomic mass is 10.0. The van der Waals surface area contributed by atoms with Crippen LogP contribution in [0.5, 0.6) is 0 Å². The molecule has 1 aliphatic heterocycles. The number of hydrogen-bond donors (Lipinski definition) is 1. The normalized spacial score (nSPS) is 18.8. The standard InChI is InChI=1S/C27H27F4N6O2P/c1-15(17-4-3-5-18(21(17)28)22(29)30)33-23-19-14-20(25-32-8-9-37(25)24(19)35-16(2)34-23)40(39)12-10-36(11-13-40)26(38)27(31)6-7-27/h3-5,8-9,14-15,22H,6-7,10-13H2,1-2H3,(H,33,34,35)/t15-/m1/s1. The zero-order chi connectivity index (χ0) is 28.4. The second-order valence-corrected chi connectivity index (χ2v) is 13.7. The molecule has 2 aliphatic rings. The van der Waals surface area contributed by atoms with Gasteiger partial charge in [-0.25, -0.2) is 32.5 Å². The van der Waals surface area contributed by atoms with Crippen LogP contribution in [0, 0.1) is 12.7 Å². The quantitative estimate of drug-likeness (QED) is 0.253. The molecule has 0 radical (unpaired) electrons. The first-order chi connectivity index (χ1) is 19.0. The summed E-state index contributed by atoms with van der Waals surface area (Å²) >= 11 is 0. The van der Waals surface area contributed by atoms with E-state index in [2.05, 4.69) is 20.3 Å². The lowest BCUT2D eigenvalue weighted by Crippen LogP contribution is -2.45. The number of anilines is 1. The second-order valence-electron chi connectivity index (χ2n) is 10.5. The highest BCUT2D eigenvalue weighted by Crippen LogP contribution is 2.49. The van der Waals surface area contributed by atoms with E-state index < -0.39 is 42.6 Å². The molecule has 0 bridgehead atoms. The van der Waals surface area contributed by atoms with Crippen LogP contribution in [0.2, 0.25) is 0 Å². The van der Waals surface area contributed by atoms with Gasteiger partial charge < -0.3 is 14.8 Å². The zero-order valence-electron chi connectivity index (χ0n) is 21.9. The van der Waals surface area contributed by atoms with Gasteiger partial charge in [0.1, 0.15) is 30.2 Å².